The van der Waals surface area contributed by atoms with Crippen molar-refractivity contribution in [3.63, 3.8) is 0 Å². The molecule has 1 aliphatic heterocycles. The third-order valence-corrected chi connectivity index (χ3v) is 2.97. The van der Waals surface area contributed by atoms with Gasteiger partial charge in [-0.2, -0.15) is 0 Å². The zero-order valence-corrected chi connectivity index (χ0v) is 9.11. The van der Waals surface area contributed by atoms with Crippen LogP contribution in [0.1, 0.15) is 6.92 Å². The molecule has 0 saturated carbocycles. The number of thioether (sulfide) groups is 1. The molecule has 1 heterocycles. The third kappa shape index (κ3) is 2.88. The molecule has 1 fully saturated rings. The van der Waals surface area contributed by atoms with Gasteiger partial charge in [0.2, 0.25) is 11.8 Å². The summed E-state index contributed by atoms with van der Waals surface area (Å²) in [5.74, 6) is 1.29. The first kappa shape index (κ1) is 11.3. The van der Waals surface area contributed by atoms with E-state index >= 15 is 0 Å². The zero-order chi connectivity index (χ0) is 10.6. The minimum Gasteiger partial charge on any atom is -0.357 e. The first-order valence-corrected chi connectivity index (χ1v) is 5.63. The molecule has 0 radical (unpaired) electrons. The van der Waals surface area contributed by atoms with Crippen molar-refractivity contribution in [2.24, 2.45) is 0 Å². The molecule has 1 rings (SSSR count). The van der Waals surface area contributed by atoms with Crippen LogP contribution in [0.5, 0.6) is 0 Å². The SMILES string of the molecule is CNC(=O)[C@@H](C)NC(=O)C1CSCN1. The van der Waals surface area contributed by atoms with Gasteiger partial charge >= 0.3 is 0 Å². The standard InChI is InChI=1S/C8H15N3O2S/c1-5(7(12)9-2)11-8(13)6-3-14-4-10-6/h5-6,10H,3-4H2,1-2H3,(H,9,12)(H,11,13)/t5-,6?/m1/s1. The summed E-state index contributed by atoms with van der Waals surface area (Å²) >= 11 is 1.68. The van der Waals surface area contributed by atoms with Gasteiger partial charge in [-0.1, -0.05) is 0 Å². The predicted octanol–water partition coefficient (Wildman–Crippen LogP) is -1.10. The normalized spacial score (nSPS) is 22.9. The lowest BCUT2D eigenvalue weighted by molar-refractivity contribution is -0.129. The highest BCUT2D eigenvalue weighted by atomic mass is 32.2. The molecule has 0 aromatic carbocycles. The monoisotopic (exact) mass is 217 g/mol. The lowest BCUT2D eigenvalue weighted by Gasteiger charge is -2.15. The van der Waals surface area contributed by atoms with Crippen LogP contribution in [0.2, 0.25) is 0 Å². The summed E-state index contributed by atoms with van der Waals surface area (Å²) in [6, 6.07) is -0.632. The molecule has 0 bridgehead atoms. The largest absolute Gasteiger partial charge is 0.357 e. The molecule has 1 aliphatic rings. The van der Waals surface area contributed by atoms with Crippen molar-refractivity contribution in [3.05, 3.63) is 0 Å². The number of nitrogens with one attached hydrogen (secondary N) is 3. The fraction of sp³-hybridized carbons (Fsp3) is 0.750. The highest BCUT2D eigenvalue weighted by Gasteiger charge is 2.24. The van der Waals surface area contributed by atoms with Gasteiger partial charge in [0.05, 0.1) is 6.04 Å². The quantitative estimate of drug-likeness (QED) is 0.561. The highest BCUT2D eigenvalue weighted by Crippen LogP contribution is 2.09. The third-order valence-electron chi connectivity index (χ3n) is 2.03. The number of rotatable bonds is 3. The van der Waals surface area contributed by atoms with E-state index in [4.69, 9.17) is 0 Å². The number of carbonyl (C=O) groups excluding carboxylic acids is 2. The molecule has 0 aromatic rings. The highest BCUT2D eigenvalue weighted by molar-refractivity contribution is 7.99. The van der Waals surface area contributed by atoms with E-state index in [1.165, 1.54) is 0 Å². The molecule has 1 saturated heterocycles. The number of carbonyl (C=O) groups is 2. The van der Waals surface area contributed by atoms with Gasteiger partial charge in [-0.05, 0) is 6.92 Å². The Labute approximate surface area is 87.4 Å². The average molecular weight is 217 g/mol. The zero-order valence-electron chi connectivity index (χ0n) is 8.29. The van der Waals surface area contributed by atoms with Gasteiger partial charge in [-0.25, -0.2) is 0 Å². The summed E-state index contributed by atoms with van der Waals surface area (Å²) in [5, 5.41) is 8.16. The smallest absolute Gasteiger partial charge is 0.242 e. The van der Waals surface area contributed by atoms with Crippen LogP contribution in [-0.4, -0.2) is 42.6 Å². The maximum Gasteiger partial charge on any atom is 0.242 e. The van der Waals surface area contributed by atoms with Gasteiger partial charge in [0.25, 0.3) is 0 Å². The summed E-state index contributed by atoms with van der Waals surface area (Å²) in [4.78, 5) is 22.6. The fourth-order valence-electron chi connectivity index (χ4n) is 1.16. The molecule has 6 heteroatoms. The molecular weight excluding hydrogens is 202 g/mol. The number of hydrogen-bond donors (Lipinski definition) is 3. The average Bonchev–Trinajstić information content (AvgIpc) is 2.69. The van der Waals surface area contributed by atoms with Crippen LogP contribution in [0.4, 0.5) is 0 Å². The molecule has 3 N–H and O–H groups in total. The maximum atomic E-state index is 11.5. The first-order chi connectivity index (χ1) is 6.65. The number of hydrogen-bond acceptors (Lipinski definition) is 4. The lowest BCUT2D eigenvalue weighted by Crippen LogP contribution is -2.50. The van der Waals surface area contributed by atoms with Crippen LogP contribution in [0.3, 0.4) is 0 Å². The molecule has 0 aromatic heterocycles. The second-order valence-electron chi connectivity index (χ2n) is 3.12. The minimum atomic E-state index is -0.472. The lowest BCUT2D eigenvalue weighted by atomic mass is 10.2. The Morgan fingerprint density at radius 2 is 2.29 bits per heavy atom. The Hall–Kier alpha value is -0.750. The van der Waals surface area contributed by atoms with E-state index in [0.29, 0.717) is 0 Å². The van der Waals surface area contributed by atoms with Gasteiger partial charge in [-0.3, -0.25) is 14.9 Å². The first-order valence-electron chi connectivity index (χ1n) is 4.48. The van der Waals surface area contributed by atoms with E-state index in [0.717, 1.165) is 11.6 Å². The minimum absolute atomic E-state index is 0.105. The Morgan fingerprint density at radius 3 is 2.79 bits per heavy atom. The van der Waals surface area contributed by atoms with Crippen LogP contribution in [0, 0.1) is 0 Å². The van der Waals surface area contributed by atoms with Crippen molar-refractivity contribution >= 4 is 23.6 Å². The number of likely N-dealkylation sites (N-methyl/N-ethyl adjacent to an activating group) is 1. The van der Waals surface area contributed by atoms with Gasteiger partial charge < -0.3 is 10.6 Å². The summed E-state index contributed by atoms with van der Waals surface area (Å²) in [5.41, 5.74) is 0. The van der Waals surface area contributed by atoms with Gasteiger partial charge in [-0.15, -0.1) is 11.8 Å². The molecule has 2 atom stereocenters. The van der Waals surface area contributed by atoms with Crippen molar-refractivity contribution in [2.45, 2.75) is 19.0 Å². The van der Waals surface area contributed by atoms with Crippen molar-refractivity contribution < 1.29 is 9.59 Å². The van der Waals surface area contributed by atoms with Crippen LogP contribution < -0.4 is 16.0 Å². The van der Waals surface area contributed by atoms with E-state index < -0.39 is 6.04 Å². The Balaban J connectivity index is 2.35. The second kappa shape index (κ2) is 5.21. The van der Waals surface area contributed by atoms with Crippen LogP contribution in [0.25, 0.3) is 0 Å². The maximum absolute atomic E-state index is 11.5. The van der Waals surface area contributed by atoms with Gasteiger partial charge in [0.1, 0.15) is 6.04 Å². The summed E-state index contributed by atoms with van der Waals surface area (Å²) < 4.78 is 0. The summed E-state index contributed by atoms with van der Waals surface area (Å²) in [6.07, 6.45) is 0. The van der Waals surface area contributed by atoms with E-state index in [-0.39, 0.29) is 17.9 Å². The Bertz CT molecular complexity index is 229. The predicted molar refractivity (Wildman–Crippen MR) is 55.9 cm³/mol. The van der Waals surface area contributed by atoms with E-state index in [1.54, 1.807) is 25.7 Å². The van der Waals surface area contributed by atoms with Gasteiger partial charge in [0, 0.05) is 18.7 Å². The molecule has 80 valence electrons. The van der Waals surface area contributed by atoms with Crippen LogP contribution in [-0.2, 0) is 9.59 Å². The topological polar surface area (TPSA) is 70.2 Å². The van der Waals surface area contributed by atoms with Crippen molar-refractivity contribution in [3.8, 4) is 0 Å². The van der Waals surface area contributed by atoms with Crippen LogP contribution in [0.15, 0.2) is 0 Å². The van der Waals surface area contributed by atoms with Gasteiger partial charge in [0.15, 0.2) is 0 Å². The number of amides is 2. The van der Waals surface area contributed by atoms with Crippen molar-refractivity contribution in [1.29, 1.82) is 0 Å². The summed E-state index contributed by atoms with van der Waals surface area (Å²) in [7, 11) is 1.55. The second-order valence-corrected chi connectivity index (χ2v) is 4.15. The molecule has 2 amide bonds. The molecule has 0 spiro atoms. The molecule has 1 unspecified atom stereocenters. The van der Waals surface area contributed by atoms with Crippen LogP contribution >= 0.6 is 11.8 Å². The fourth-order valence-corrected chi connectivity index (χ4v) is 2.10. The Kier molecular flexibility index (Phi) is 4.21. The molecular formula is C8H15N3O2S. The van der Waals surface area contributed by atoms with E-state index in [2.05, 4.69) is 16.0 Å². The molecule has 5 nitrogen and oxygen atoms in total. The van der Waals surface area contributed by atoms with E-state index in [9.17, 15) is 9.59 Å². The Morgan fingerprint density at radius 1 is 1.57 bits per heavy atom. The van der Waals surface area contributed by atoms with E-state index in [1.807, 2.05) is 0 Å². The molecule has 14 heavy (non-hydrogen) atoms. The molecule has 0 aliphatic carbocycles. The summed E-state index contributed by atoms with van der Waals surface area (Å²) in [6.45, 7) is 1.67. The van der Waals surface area contributed by atoms with Crippen molar-refractivity contribution in [2.75, 3.05) is 18.7 Å². The van der Waals surface area contributed by atoms with Crippen molar-refractivity contribution in [1.82, 2.24) is 16.0 Å².